The fourth-order valence-electron chi connectivity index (χ4n) is 3.70. The second kappa shape index (κ2) is 11.1. The van der Waals surface area contributed by atoms with E-state index in [0.29, 0.717) is 0 Å². The summed E-state index contributed by atoms with van der Waals surface area (Å²) in [5.74, 6) is 0.716. The second-order valence-electron chi connectivity index (χ2n) is 7.40. The molecule has 8 heteroatoms. The Bertz CT molecular complexity index is 949. The van der Waals surface area contributed by atoms with Crippen LogP contribution in [0.2, 0.25) is 0 Å². The quantitative estimate of drug-likeness (QED) is 0.309. The molecule has 31 heavy (non-hydrogen) atoms. The van der Waals surface area contributed by atoms with Crippen molar-refractivity contribution in [2.24, 2.45) is 4.99 Å². The van der Waals surface area contributed by atoms with Crippen molar-refractivity contribution in [3.8, 4) is 0 Å². The topological polar surface area (TPSA) is 48.7 Å². The zero-order chi connectivity index (χ0) is 20.8. The first-order chi connectivity index (χ1) is 14.7. The molecule has 1 aliphatic heterocycles. The molecule has 0 atom stereocenters. The third-order valence-corrected chi connectivity index (χ3v) is 5.38. The normalized spacial score (nSPS) is 14.3. The maximum absolute atomic E-state index is 13.1. The summed E-state index contributed by atoms with van der Waals surface area (Å²) in [6.45, 7) is 5.08. The van der Waals surface area contributed by atoms with Crippen molar-refractivity contribution in [2.75, 3.05) is 38.1 Å². The number of nitrogens with one attached hydrogen (secondary N) is 1. The predicted octanol–water partition coefficient (Wildman–Crippen LogP) is 3.59. The SMILES string of the molecule is CN=C(NCc1ccc(Cn2ccnc2)cc1)N1CCN(c2ccc(F)cc2)CC1.I. The van der Waals surface area contributed by atoms with Crippen LogP contribution in [0.4, 0.5) is 10.1 Å². The van der Waals surface area contributed by atoms with Crippen LogP contribution in [-0.4, -0.2) is 53.6 Å². The molecule has 1 fully saturated rings. The maximum atomic E-state index is 13.1. The summed E-state index contributed by atoms with van der Waals surface area (Å²) in [6, 6.07) is 15.3. The van der Waals surface area contributed by atoms with Gasteiger partial charge in [-0.25, -0.2) is 9.37 Å². The monoisotopic (exact) mass is 534 g/mol. The summed E-state index contributed by atoms with van der Waals surface area (Å²) in [5, 5.41) is 3.48. The molecule has 1 aliphatic rings. The number of imidazole rings is 1. The highest BCUT2D eigenvalue weighted by Gasteiger charge is 2.19. The van der Waals surface area contributed by atoms with Gasteiger partial charge in [0.25, 0.3) is 0 Å². The zero-order valence-electron chi connectivity index (χ0n) is 17.6. The minimum absolute atomic E-state index is 0. The largest absolute Gasteiger partial charge is 0.368 e. The minimum Gasteiger partial charge on any atom is -0.368 e. The molecule has 2 aromatic carbocycles. The number of hydrogen-bond donors (Lipinski definition) is 1. The second-order valence-corrected chi connectivity index (χ2v) is 7.40. The van der Waals surface area contributed by atoms with Crippen LogP contribution in [0.1, 0.15) is 11.1 Å². The van der Waals surface area contributed by atoms with Gasteiger partial charge >= 0.3 is 0 Å². The van der Waals surface area contributed by atoms with E-state index in [9.17, 15) is 4.39 Å². The van der Waals surface area contributed by atoms with E-state index in [1.165, 1.54) is 23.3 Å². The van der Waals surface area contributed by atoms with Crippen molar-refractivity contribution in [2.45, 2.75) is 13.1 Å². The lowest BCUT2D eigenvalue weighted by molar-refractivity contribution is 0.372. The van der Waals surface area contributed by atoms with E-state index < -0.39 is 0 Å². The van der Waals surface area contributed by atoms with Gasteiger partial charge in [-0.3, -0.25) is 4.99 Å². The Kier molecular flexibility index (Phi) is 8.27. The first-order valence-corrected chi connectivity index (χ1v) is 10.2. The summed E-state index contributed by atoms with van der Waals surface area (Å²) >= 11 is 0. The number of aliphatic imine (C=N–C) groups is 1. The number of halogens is 2. The van der Waals surface area contributed by atoms with E-state index in [2.05, 4.69) is 53.9 Å². The van der Waals surface area contributed by atoms with Crippen LogP contribution in [0.15, 0.2) is 72.2 Å². The van der Waals surface area contributed by atoms with Crippen molar-refractivity contribution in [3.63, 3.8) is 0 Å². The van der Waals surface area contributed by atoms with Crippen LogP contribution < -0.4 is 10.2 Å². The fourth-order valence-corrected chi connectivity index (χ4v) is 3.70. The van der Waals surface area contributed by atoms with Crippen LogP contribution in [0.3, 0.4) is 0 Å². The van der Waals surface area contributed by atoms with Crippen molar-refractivity contribution < 1.29 is 4.39 Å². The third-order valence-electron chi connectivity index (χ3n) is 5.38. The molecule has 0 unspecified atom stereocenters. The molecule has 1 aromatic heterocycles. The van der Waals surface area contributed by atoms with E-state index in [1.807, 2.05) is 31.7 Å². The lowest BCUT2D eigenvalue weighted by atomic mass is 10.1. The van der Waals surface area contributed by atoms with Gasteiger partial charge < -0.3 is 19.7 Å². The molecule has 0 amide bonds. The number of anilines is 1. The molecule has 0 radical (unpaired) electrons. The van der Waals surface area contributed by atoms with E-state index in [1.54, 1.807) is 6.20 Å². The Hall–Kier alpha value is -2.62. The van der Waals surface area contributed by atoms with Crippen LogP contribution in [0.25, 0.3) is 0 Å². The molecular weight excluding hydrogens is 506 g/mol. The van der Waals surface area contributed by atoms with E-state index in [-0.39, 0.29) is 29.8 Å². The van der Waals surface area contributed by atoms with Gasteiger partial charge in [-0.1, -0.05) is 24.3 Å². The van der Waals surface area contributed by atoms with Gasteiger partial charge in [-0.2, -0.15) is 0 Å². The summed E-state index contributed by atoms with van der Waals surface area (Å²) in [5.41, 5.74) is 3.53. The van der Waals surface area contributed by atoms with E-state index >= 15 is 0 Å². The Morgan fingerprint density at radius 1 is 1.00 bits per heavy atom. The number of rotatable bonds is 5. The van der Waals surface area contributed by atoms with Crippen molar-refractivity contribution in [1.29, 1.82) is 0 Å². The highest BCUT2D eigenvalue weighted by Crippen LogP contribution is 2.17. The third kappa shape index (κ3) is 6.19. The zero-order valence-corrected chi connectivity index (χ0v) is 19.9. The minimum atomic E-state index is -0.197. The summed E-state index contributed by atoms with van der Waals surface area (Å²) in [6.07, 6.45) is 5.59. The summed E-state index contributed by atoms with van der Waals surface area (Å²) in [7, 11) is 1.82. The molecule has 0 aliphatic carbocycles. The number of guanidine groups is 1. The van der Waals surface area contributed by atoms with Gasteiger partial charge in [0, 0.05) is 64.4 Å². The van der Waals surface area contributed by atoms with Crippen LogP contribution >= 0.6 is 24.0 Å². The average Bonchev–Trinajstić information content (AvgIpc) is 3.29. The molecule has 0 saturated carbocycles. The molecule has 6 nitrogen and oxygen atoms in total. The van der Waals surface area contributed by atoms with Gasteiger partial charge in [0.05, 0.1) is 6.33 Å². The molecule has 0 bridgehead atoms. The first kappa shape index (κ1) is 23.1. The first-order valence-electron chi connectivity index (χ1n) is 10.2. The average molecular weight is 534 g/mol. The van der Waals surface area contributed by atoms with Gasteiger partial charge in [0.2, 0.25) is 0 Å². The maximum Gasteiger partial charge on any atom is 0.194 e. The standard InChI is InChI=1S/C23H27FN6.HI/c1-25-23(30-14-12-29(13-15-30)22-8-6-21(24)7-9-22)27-16-19-2-4-20(5-3-19)17-28-11-10-26-18-28;/h2-11,18H,12-17H2,1H3,(H,25,27);1H. The fraction of sp³-hybridized carbons (Fsp3) is 0.304. The molecule has 1 saturated heterocycles. The predicted molar refractivity (Wildman–Crippen MR) is 134 cm³/mol. The van der Waals surface area contributed by atoms with Crippen molar-refractivity contribution in [1.82, 2.24) is 19.8 Å². The van der Waals surface area contributed by atoms with Gasteiger partial charge in [-0.15, -0.1) is 24.0 Å². The molecule has 1 N–H and O–H groups in total. The molecule has 2 heterocycles. The van der Waals surface area contributed by atoms with E-state index in [4.69, 9.17) is 0 Å². The molecule has 0 spiro atoms. The van der Waals surface area contributed by atoms with Gasteiger partial charge in [0.15, 0.2) is 5.96 Å². The Balaban J connectivity index is 0.00000272. The highest BCUT2D eigenvalue weighted by molar-refractivity contribution is 14.0. The van der Waals surface area contributed by atoms with Gasteiger partial charge in [0.1, 0.15) is 5.82 Å². The van der Waals surface area contributed by atoms with Gasteiger partial charge in [-0.05, 0) is 35.4 Å². The van der Waals surface area contributed by atoms with Crippen LogP contribution in [0.5, 0.6) is 0 Å². The lowest BCUT2D eigenvalue weighted by Crippen LogP contribution is -2.52. The summed E-state index contributed by atoms with van der Waals surface area (Å²) in [4.78, 5) is 13.1. The number of benzene rings is 2. The molecular formula is C23H28FIN6. The number of hydrogen-bond acceptors (Lipinski definition) is 3. The van der Waals surface area contributed by atoms with Crippen LogP contribution in [0, 0.1) is 5.82 Å². The smallest absolute Gasteiger partial charge is 0.194 e. The van der Waals surface area contributed by atoms with Crippen LogP contribution in [-0.2, 0) is 13.1 Å². The van der Waals surface area contributed by atoms with Crippen molar-refractivity contribution >= 4 is 35.6 Å². The molecule has 164 valence electrons. The summed E-state index contributed by atoms with van der Waals surface area (Å²) < 4.78 is 15.2. The molecule has 4 rings (SSSR count). The lowest BCUT2D eigenvalue weighted by Gasteiger charge is -2.37. The van der Waals surface area contributed by atoms with E-state index in [0.717, 1.165) is 50.9 Å². The number of piperazine rings is 1. The van der Waals surface area contributed by atoms with Crippen molar-refractivity contribution in [3.05, 3.63) is 84.2 Å². The Morgan fingerprint density at radius 2 is 1.68 bits per heavy atom. The Labute approximate surface area is 199 Å². The molecule has 3 aromatic rings. The Morgan fingerprint density at radius 3 is 2.29 bits per heavy atom. The number of aromatic nitrogens is 2. The highest BCUT2D eigenvalue weighted by atomic mass is 127. The number of nitrogens with zero attached hydrogens (tertiary/aromatic N) is 5.